The van der Waals surface area contributed by atoms with Crippen molar-refractivity contribution in [3.8, 4) is 5.75 Å². The van der Waals surface area contributed by atoms with Crippen LogP contribution < -0.4 is 10.1 Å². The Morgan fingerprint density at radius 3 is 2.65 bits per heavy atom. The van der Waals surface area contributed by atoms with E-state index in [1.807, 2.05) is 13.1 Å². The van der Waals surface area contributed by atoms with Crippen LogP contribution >= 0.6 is 0 Å². The first-order chi connectivity index (χ1) is 8.17. The van der Waals surface area contributed by atoms with Crippen LogP contribution in [0.4, 0.5) is 0 Å². The summed E-state index contributed by atoms with van der Waals surface area (Å²) in [6, 6.07) is 8.82. The van der Waals surface area contributed by atoms with Crippen LogP contribution in [0.1, 0.15) is 45.2 Å². The second-order valence-electron chi connectivity index (χ2n) is 4.85. The first-order valence-corrected chi connectivity index (χ1v) is 6.57. The predicted octanol–water partition coefficient (Wildman–Crippen LogP) is 3.78. The number of hydrogen-bond donors (Lipinski definition) is 1. The summed E-state index contributed by atoms with van der Waals surface area (Å²) in [5.74, 6) is 1.68. The molecule has 0 fully saturated rings. The Morgan fingerprint density at radius 2 is 2.06 bits per heavy atom. The van der Waals surface area contributed by atoms with E-state index < -0.39 is 0 Å². The Morgan fingerprint density at radius 1 is 1.29 bits per heavy atom. The Hall–Kier alpha value is -1.02. The Kier molecular flexibility index (Phi) is 6.06. The standard InChI is InChI=1S/C15H25NO/c1-5-15(16-4)13-7-6-8-14(11-13)17-10-9-12(2)3/h6-8,11-12,15-16H,5,9-10H2,1-4H3. The van der Waals surface area contributed by atoms with E-state index in [1.54, 1.807) is 0 Å². The predicted molar refractivity (Wildman–Crippen MR) is 73.5 cm³/mol. The summed E-state index contributed by atoms with van der Waals surface area (Å²) < 4.78 is 5.77. The van der Waals surface area contributed by atoms with Crippen molar-refractivity contribution in [1.82, 2.24) is 5.32 Å². The summed E-state index contributed by atoms with van der Waals surface area (Å²) >= 11 is 0. The Bertz CT molecular complexity index is 318. The number of benzene rings is 1. The molecule has 2 nitrogen and oxygen atoms in total. The van der Waals surface area contributed by atoms with Crippen molar-refractivity contribution in [2.24, 2.45) is 5.92 Å². The number of hydrogen-bond acceptors (Lipinski definition) is 2. The third-order valence-electron chi connectivity index (χ3n) is 2.98. The number of rotatable bonds is 7. The summed E-state index contributed by atoms with van der Waals surface area (Å²) in [7, 11) is 2.00. The molecule has 0 bridgehead atoms. The van der Waals surface area contributed by atoms with Crippen molar-refractivity contribution < 1.29 is 4.74 Å². The molecule has 0 saturated carbocycles. The lowest BCUT2D eigenvalue weighted by atomic mass is 10.0. The lowest BCUT2D eigenvalue weighted by molar-refractivity contribution is 0.289. The minimum absolute atomic E-state index is 0.420. The highest BCUT2D eigenvalue weighted by Crippen LogP contribution is 2.21. The highest BCUT2D eigenvalue weighted by Gasteiger charge is 2.07. The van der Waals surface area contributed by atoms with Gasteiger partial charge in [0, 0.05) is 6.04 Å². The Labute approximate surface area is 105 Å². The highest BCUT2D eigenvalue weighted by molar-refractivity contribution is 5.30. The van der Waals surface area contributed by atoms with Crippen molar-refractivity contribution >= 4 is 0 Å². The fourth-order valence-electron chi connectivity index (χ4n) is 1.84. The van der Waals surface area contributed by atoms with Crippen LogP contribution in [0, 0.1) is 5.92 Å². The van der Waals surface area contributed by atoms with Gasteiger partial charge in [0.2, 0.25) is 0 Å². The van der Waals surface area contributed by atoms with Crippen molar-refractivity contribution in [2.45, 2.75) is 39.7 Å². The van der Waals surface area contributed by atoms with Crippen molar-refractivity contribution in [3.05, 3.63) is 29.8 Å². The molecule has 1 aromatic rings. The molecule has 0 aliphatic carbocycles. The van der Waals surface area contributed by atoms with Crippen LogP contribution in [-0.2, 0) is 0 Å². The molecule has 1 unspecified atom stereocenters. The summed E-state index contributed by atoms with van der Waals surface area (Å²) in [6.07, 6.45) is 2.19. The average molecular weight is 235 g/mol. The summed E-state index contributed by atoms with van der Waals surface area (Å²) in [5.41, 5.74) is 1.30. The molecule has 96 valence electrons. The molecule has 0 spiro atoms. The molecule has 0 aromatic heterocycles. The van der Waals surface area contributed by atoms with E-state index in [9.17, 15) is 0 Å². The van der Waals surface area contributed by atoms with E-state index in [1.165, 1.54) is 5.56 Å². The van der Waals surface area contributed by atoms with Gasteiger partial charge in [-0.3, -0.25) is 0 Å². The molecule has 0 saturated heterocycles. The molecular weight excluding hydrogens is 210 g/mol. The van der Waals surface area contributed by atoms with Crippen molar-refractivity contribution in [1.29, 1.82) is 0 Å². The maximum atomic E-state index is 5.77. The molecule has 0 aliphatic rings. The highest BCUT2D eigenvalue weighted by atomic mass is 16.5. The molecule has 1 N–H and O–H groups in total. The monoisotopic (exact) mass is 235 g/mol. The quantitative estimate of drug-likeness (QED) is 0.776. The van der Waals surface area contributed by atoms with E-state index in [4.69, 9.17) is 4.74 Å². The number of nitrogens with one attached hydrogen (secondary N) is 1. The van der Waals surface area contributed by atoms with Gasteiger partial charge in [-0.25, -0.2) is 0 Å². The zero-order valence-electron chi connectivity index (χ0n) is 11.5. The second-order valence-corrected chi connectivity index (χ2v) is 4.85. The van der Waals surface area contributed by atoms with Gasteiger partial charge in [-0.15, -0.1) is 0 Å². The maximum Gasteiger partial charge on any atom is 0.119 e. The zero-order chi connectivity index (χ0) is 12.7. The molecule has 1 atom stereocenters. The maximum absolute atomic E-state index is 5.77. The first kappa shape index (κ1) is 14.0. The Balaban J connectivity index is 2.59. The molecule has 1 rings (SSSR count). The van der Waals surface area contributed by atoms with Gasteiger partial charge in [0.05, 0.1) is 6.61 Å². The molecule has 0 amide bonds. The van der Waals surface area contributed by atoms with Crippen LogP contribution in [0.3, 0.4) is 0 Å². The molecule has 17 heavy (non-hydrogen) atoms. The van der Waals surface area contributed by atoms with Gasteiger partial charge in [0.15, 0.2) is 0 Å². The first-order valence-electron chi connectivity index (χ1n) is 6.57. The SMILES string of the molecule is CCC(NC)c1cccc(OCCC(C)C)c1. The average Bonchev–Trinajstić information content (AvgIpc) is 2.31. The molecule has 0 heterocycles. The lowest BCUT2D eigenvalue weighted by Gasteiger charge is -2.15. The summed E-state index contributed by atoms with van der Waals surface area (Å²) in [6.45, 7) is 7.42. The van der Waals surface area contributed by atoms with Crippen LogP contribution in [0.25, 0.3) is 0 Å². The largest absolute Gasteiger partial charge is 0.494 e. The van der Waals surface area contributed by atoms with E-state index >= 15 is 0 Å². The summed E-state index contributed by atoms with van der Waals surface area (Å²) in [4.78, 5) is 0. The third kappa shape index (κ3) is 4.78. The van der Waals surface area contributed by atoms with E-state index in [0.717, 1.165) is 25.2 Å². The fourth-order valence-corrected chi connectivity index (χ4v) is 1.84. The zero-order valence-corrected chi connectivity index (χ0v) is 11.5. The van der Waals surface area contributed by atoms with Crippen LogP contribution in [-0.4, -0.2) is 13.7 Å². The van der Waals surface area contributed by atoms with Gasteiger partial charge in [-0.1, -0.05) is 32.9 Å². The molecule has 0 aliphatic heterocycles. The van der Waals surface area contributed by atoms with Crippen LogP contribution in [0.15, 0.2) is 24.3 Å². The van der Waals surface area contributed by atoms with Gasteiger partial charge < -0.3 is 10.1 Å². The van der Waals surface area contributed by atoms with Gasteiger partial charge in [-0.2, -0.15) is 0 Å². The molecule has 2 heteroatoms. The summed E-state index contributed by atoms with van der Waals surface area (Å²) in [5, 5.41) is 3.31. The van der Waals surface area contributed by atoms with Crippen LogP contribution in [0.5, 0.6) is 5.75 Å². The lowest BCUT2D eigenvalue weighted by Crippen LogP contribution is -2.15. The van der Waals surface area contributed by atoms with Crippen molar-refractivity contribution in [2.75, 3.05) is 13.7 Å². The topological polar surface area (TPSA) is 21.3 Å². The van der Waals surface area contributed by atoms with Gasteiger partial charge in [0.25, 0.3) is 0 Å². The van der Waals surface area contributed by atoms with E-state index in [-0.39, 0.29) is 0 Å². The van der Waals surface area contributed by atoms with Gasteiger partial charge in [0.1, 0.15) is 5.75 Å². The van der Waals surface area contributed by atoms with E-state index in [2.05, 4.69) is 44.3 Å². The van der Waals surface area contributed by atoms with Crippen LogP contribution in [0.2, 0.25) is 0 Å². The smallest absolute Gasteiger partial charge is 0.119 e. The third-order valence-corrected chi connectivity index (χ3v) is 2.98. The minimum Gasteiger partial charge on any atom is -0.494 e. The van der Waals surface area contributed by atoms with Gasteiger partial charge in [-0.05, 0) is 43.5 Å². The fraction of sp³-hybridized carbons (Fsp3) is 0.600. The molecule has 1 aromatic carbocycles. The molecular formula is C15H25NO. The van der Waals surface area contributed by atoms with Gasteiger partial charge >= 0.3 is 0 Å². The minimum atomic E-state index is 0.420. The second kappa shape index (κ2) is 7.33. The number of ether oxygens (including phenoxy) is 1. The normalized spacial score (nSPS) is 12.8. The molecule has 0 radical (unpaired) electrons. The van der Waals surface area contributed by atoms with Crippen molar-refractivity contribution in [3.63, 3.8) is 0 Å². The van der Waals surface area contributed by atoms with E-state index in [0.29, 0.717) is 12.0 Å².